The average molecular weight is 352 g/mol. The van der Waals surface area contributed by atoms with Crippen molar-refractivity contribution in [2.24, 2.45) is 5.41 Å². The van der Waals surface area contributed by atoms with Crippen LogP contribution in [0.25, 0.3) is 0 Å². The Balaban J connectivity index is 2.01. The van der Waals surface area contributed by atoms with E-state index in [-0.39, 0.29) is 5.41 Å². The van der Waals surface area contributed by atoms with Gasteiger partial charge in [-0.25, -0.2) is 0 Å². The van der Waals surface area contributed by atoms with Gasteiger partial charge in [-0.2, -0.15) is 0 Å². The molecule has 1 saturated carbocycles. The van der Waals surface area contributed by atoms with E-state index in [9.17, 15) is 0 Å². The summed E-state index contributed by atoms with van der Waals surface area (Å²) in [6, 6.07) is 5.37. The molecule has 0 spiro atoms. The van der Waals surface area contributed by atoms with Crippen LogP contribution in [0.5, 0.6) is 5.75 Å². The molecule has 1 fully saturated rings. The standard InChI is InChI=1S/C14H17BrCl2O/c15-9-14(6-2-1-3-7-14)10-18-13-5-4-11(16)8-12(13)17/h4-5,8H,1-3,6-7,9-10H2. The molecule has 4 heteroatoms. The van der Waals surface area contributed by atoms with Gasteiger partial charge in [-0.05, 0) is 31.0 Å². The zero-order valence-corrected chi connectivity index (χ0v) is 13.3. The van der Waals surface area contributed by atoms with E-state index in [0.717, 1.165) is 17.7 Å². The van der Waals surface area contributed by atoms with E-state index in [1.807, 2.05) is 12.1 Å². The van der Waals surface area contributed by atoms with Gasteiger partial charge in [0.05, 0.1) is 11.6 Å². The highest BCUT2D eigenvalue weighted by Crippen LogP contribution is 2.39. The maximum absolute atomic E-state index is 6.11. The highest BCUT2D eigenvalue weighted by Gasteiger charge is 2.32. The van der Waals surface area contributed by atoms with Gasteiger partial charge in [-0.3, -0.25) is 0 Å². The van der Waals surface area contributed by atoms with Crippen LogP contribution < -0.4 is 4.74 Å². The SMILES string of the molecule is Clc1ccc(OCC2(CBr)CCCCC2)c(Cl)c1. The Morgan fingerprint density at radius 1 is 1.17 bits per heavy atom. The van der Waals surface area contributed by atoms with E-state index >= 15 is 0 Å². The van der Waals surface area contributed by atoms with Gasteiger partial charge in [0, 0.05) is 15.8 Å². The van der Waals surface area contributed by atoms with Crippen molar-refractivity contribution in [1.29, 1.82) is 0 Å². The van der Waals surface area contributed by atoms with Crippen LogP contribution in [0.1, 0.15) is 32.1 Å². The van der Waals surface area contributed by atoms with Gasteiger partial charge < -0.3 is 4.74 Å². The van der Waals surface area contributed by atoms with Crippen LogP contribution in [0.15, 0.2) is 18.2 Å². The maximum atomic E-state index is 6.11. The summed E-state index contributed by atoms with van der Waals surface area (Å²) in [5.74, 6) is 0.729. The molecule has 0 bridgehead atoms. The lowest BCUT2D eigenvalue weighted by Crippen LogP contribution is -2.32. The second kappa shape index (κ2) is 6.49. The van der Waals surface area contributed by atoms with E-state index in [4.69, 9.17) is 27.9 Å². The summed E-state index contributed by atoms with van der Waals surface area (Å²) in [4.78, 5) is 0. The quantitative estimate of drug-likeness (QED) is 0.630. The van der Waals surface area contributed by atoms with Crippen molar-refractivity contribution in [3.8, 4) is 5.75 Å². The van der Waals surface area contributed by atoms with Gasteiger partial charge in [-0.1, -0.05) is 58.4 Å². The van der Waals surface area contributed by atoms with Crippen molar-refractivity contribution in [2.75, 3.05) is 11.9 Å². The van der Waals surface area contributed by atoms with Gasteiger partial charge in [0.1, 0.15) is 5.75 Å². The molecule has 100 valence electrons. The summed E-state index contributed by atoms with van der Waals surface area (Å²) in [6.45, 7) is 0.722. The fourth-order valence-corrected chi connectivity index (χ4v) is 3.63. The van der Waals surface area contributed by atoms with Crippen molar-refractivity contribution in [2.45, 2.75) is 32.1 Å². The van der Waals surface area contributed by atoms with Gasteiger partial charge in [0.25, 0.3) is 0 Å². The second-order valence-electron chi connectivity index (χ2n) is 5.06. The van der Waals surface area contributed by atoms with Crippen molar-refractivity contribution in [3.05, 3.63) is 28.2 Å². The summed E-state index contributed by atoms with van der Waals surface area (Å²) in [5, 5.41) is 2.22. The predicted octanol–water partition coefficient (Wildman–Crippen LogP) is 5.72. The first-order valence-corrected chi connectivity index (χ1v) is 8.17. The third kappa shape index (κ3) is 3.55. The first-order chi connectivity index (χ1) is 8.65. The molecule has 0 unspecified atom stereocenters. The molecule has 1 aliphatic rings. The number of hydrogen-bond acceptors (Lipinski definition) is 1. The van der Waals surface area contributed by atoms with Crippen LogP contribution in [0.3, 0.4) is 0 Å². The summed E-state index contributed by atoms with van der Waals surface area (Å²) in [6.07, 6.45) is 6.38. The van der Waals surface area contributed by atoms with Gasteiger partial charge in [-0.15, -0.1) is 0 Å². The zero-order chi connectivity index (χ0) is 13.0. The second-order valence-corrected chi connectivity index (χ2v) is 6.46. The Kier molecular flexibility index (Phi) is 5.23. The number of ether oxygens (including phenoxy) is 1. The molecule has 0 saturated heterocycles. The van der Waals surface area contributed by atoms with E-state index in [1.54, 1.807) is 6.07 Å². The van der Waals surface area contributed by atoms with Crippen molar-refractivity contribution in [3.63, 3.8) is 0 Å². The molecule has 0 amide bonds. The molecule has 0 radical (unpaired) electrons. The molecule has 18 heavy (non-hydrogen) atoms. The van der Waals surface area contributed by atoms with Crippen LogP contribution >= 0.6 is 39.1 Å². The third-order valence-corrected chi connectivity index (χ3v) is 5.35. The van der Waals surface area contributed by atoms with E-state index < -0.39 is 0 Å². The lowest BCUT2D eigenvalue weighted by atomic mass is 9.76. The molecule has 2 rings (SSSR count). The zero-order valence-electron chi connectivity index (χ0n) is 10.2. The lowest BCUT2D eigenvalue weighted by molar-refractivity contribution is 0.122. The number of alkyl halides is 1. The highest BCUT2D eigenvalue weighted by atomic mass is 79.9. The minimum atomic E-state index is 0.265. The van der Waals surface area contributed by atoms with Gasteiger partial charge in [0.15, 0.2) is 0 Å². The Morgan fingerprint density at radius 2 is 1.89 bits per heavy atom. The Labute approximate surface area is 127 Å². The number of halogens is 3. The predicted molar refractivity (Wildman–Crippen MR) is 81.3 cm³/mol. The van der Waals surface area contributed by atoms with E-state index in [0.29, 0.717) is 10.0 Å². The van der Waals surface area contributed by atoms with Crippen LogP contribution in [0, 0.1) is 5.41 Å². The van der Waals surface area contributed by atoms with Crippen LogP contribution in [-0.4, -0.2) is 11.9 Å². The summed E-state index contributed by atoms with van der Waals surface area (Å²) < 4.78 is 5.90. The number of rotatable bonds is 4. The molecule has 1 aromatic rings. The Hall–Kier alpha value is 0.0800. The third-order valence-electron chi connectivity index (χ3n) is 3.63. The molecule has 0 aliphatic heterocycles. The summed E-state index contributed by atoms with van der Waals surface area (Å²) in [7, 11) is 0. The fourth-order valence-electron chi connectivity index (χ4n) is 2.44. The Morgan fingerprint density at radius 3 is 2.50 bits per heavy atom. The molecule has 0 N–H and O–H groups in total. The van der Waals surface area contributed by atoms with E-state index in [1.165, 1.54) is 32.1 Å². The highest BCUT2D eigenvalue weighted by molar-refractivity contribution is 9.09. The molecular formula is C14H17BrCl2O. The van der Waals surface area contributed by atoms with Crippen LogP contribution in [0.2, 0.25) is 10.0 Å². The monoisotopic (exact) mass is 350 g/mol. The topological polar surface area (TPSA) is 9.23 Å². The molecule has 1 aromatic carbocycles. The minimum absolute atomic E-state index is 0.265. The maximum Gasteiger partial charge on any atom is 0.138 e. The minimum Gasteiger partial charge on any atom is -0.491 e. The van der Waals surface area contributed by atoms with E-state index in [2.05, 4.69) is 15.9 Å². The lowest BCUT2D eigenvalue weighted by Gasteiger charge is -2.35. The average Bonchev–Trinajstić information content (AvgIpc) is 2.39. The van der Waals surface area contributed by atoms with Crippen molar-refractivity contribution in [1.82, 2.24) is 0 Å². The molecule has 1 aliphatic carbocycles. The first-order valence-electron chi connectivity index (χ1n) is 6.29. The first kappa shape index (κ1) is 14.5. The van der Waals surface area contributed by atoms with Gasteiger partial charge >= 0.3 is 0 Å². The Bertz CT molecular complexity index is 403. The summed E-state index contributed by atoms with van der Waals surface area (Å²) >= 11 is 15.6. The summed E-state index contributed by atoms with van der Waals surface area (Å²) in [5.41, 5.74) is 0.265. The molecule has 1 nitrogen and oxygen atoms in total. The number of benzene rings is 1. The van der Waals surface area contributed by atoms with Crippen LogP contribution in [-0.2, 0) is 0 Å². The molecule has 0 heterocycles. The fraction of sp³-hybridized carbons (Fsp3) is 0.571. The smallest absolute Gasteiger partial charge is 0.138 e. The molecular weight excluding hydrogens is 335 g/mol. The normalized spacial score (nSPS) is 18.6. The van der Waals surface area contributed by atoms with Crippen molar-refractivity contribution >= 4 is 39.1 Å². The van der Waals surface area contributed by atoms with Crippen LogP contribution in [0.4, 0.5) is 0 Å². The molecule has 0 aromatic heterocycles. The van der Waals surface area contributed by atoms with Gasteiger partial charge in [0.2, 0.25) is 0 Å². The molecule has 0 atom stereocenters. The number of hydrogen-bond donors (Lipinski definition) is 0. The van der Waals surface area contributed by atoms with Crippen molar-refractivity contribution < 1.29 is 4.74 Å². The largest absolute Gasteiger partial charge is 0.491 e.